The van der Waals surface area contributed by atoms with Crippen LogP contribution in [0, 0.1) is 0 Å². The first-order valence-corrected chi connectivity index (χ1v) is 25.1. The van der Waals surface area contributed by atoms with Crippen LogP contribution in [0.2, 0.25) is 0 Å². The third-order valence-corrected chi connectivity index (χ3v) is 10.8. The molecule has 0 radical (unpaired) electrons. The molecule has 59 heavy (non-hydrogen) atoms. The van der Waals surface area contributed by atoms with Crippen molar-refractivity contribution < 1.29 is 28.6 Å². The molecule has 0 aromatic rings. The number of hydrogen-bond donors (Lipinski definition) is 0. The van der Waals surface area contributed by atoms with Gasteiger partial charge in [0.05, 0.1) is 0 Å². The highest BCUT2D eigenvalue weighted by atomic mass is 16.6. The van der Waals surface area contributed by atoms with Crippen LogP contribution in [0.3, 0.4) is 0 Å². The van der Waals surface area contributed by atoms with Gasteiger partial charge in [-0.3, -0.25) is 14.4 Å². The minimum atomic E-state index is -0.787. The molecule has 1 unspecified atom stereocenters. The van der Waals surface area contributed by atoms with Gasteiger partial charge in [-0.05, 0) is 77.0 Å². The van der Waals surface area contributed by atoms with Gasteiger partial charge in [0.25, 0.3) is 0 Å². The average Bonchev–Trinajstić information content (AvgIpc) is 3.23. The van der Waals surface area contributed by atoms with Crippen molar-refractivity contribution in [3.8, 4) is 0 Å². The van der Waals surface area contributed by atoms with Crippen LogP contribution in [0.4, 0.5) is 0 Å². The van der Waals surface area contributed by atoms with Crippen LogP contribution in [-0.2, 0) is 28.6 Å². The van der Waals surface area contributed by atoms with Gasteiger partial charge in [0.1, 0.15) is 13.2 Å². The van der Waals surface area contributed by atoms with Crippen molar-refractivity contribution in [2.45, 2.75) is 258 Å². The molecule has 0 aliphatic rings. The molecule has 0 N–H and O–H groups in total. The largest absolute Gasteiger partial charge is 0.462 e. The maximum absolute atomic E-state index is 12.7. The number of ether oxygens (including phenoxy) is 3. The van der Waals surface area contributed by atoms with E-state index in [9.17, 15) is 14.4 Å². The van der Waals surface area contributed by atoms with Gasteiger partial charge in [-0.25, -0.2) is 0 Å². The Balaban J connectivity index is 4.38. The Morgan fingerprint density at radius 2 is 0.661 bits per heavy atom. The van der Waals surface area contributed by atoms with E-state index < -0.39 is 6.10 Å². The van der Waals surface area contributed by atoms with E-state index in [0.29, 0.717) is 19.3 Å². The Hall–Kier alpha value is -2.63. The summed E-state index contributed by atoms with van der Waals surface area (Å²) in [5.74, 6) is -0.919. The van der Waals surface area contributed by atoms with E-state index in [1.807, 2.05) is 0 Å². The smallest absolute Gasteiger partial charge is 0.306 e. The molecule has 0 bridgehead atoms. The number of esters is 3. The highest BCUT2D eigenvalue weighted by Gasteiger charge is 2.19. The molecule has 0 saturated heterocycles. The highest BCUT2D eigenvalue weighted by molar-refractivity contribution is 5.71. The predicted molar refractivity (Wildman–Crippen MR) is 252 cm³/mol. The number of carbonyl (C=O) groups is 3. The fraction of sp³-hybridized carbons (Fsp3) is 0.792. The van der Waals surface area contributed by atoms with Crippen molar-refractivity contribution in [2.24, 2.45) is 0 Å². The van der Waals surface area contributed by atoms with Gasteiger partial charge in [0.15, 0.2) is 6.10 Å². The number of carbonyl (C=O) groups excluding carboxylic acids is 3. The molecule has 0 spiro atoms. The Morgan fingerprint density at radius 3 is 1.10 bits per heavy atom. The van der Waals surface area contributed by atoms with Crippen LogP contribution in [0.25, 0.3) is 0 Å². The summed E-state index contributed by atoms with van der Waals surface area (Å²) in [6, 6.07) is 0. The summed E-state index contributed by atoms with van der Waals surface area (Å²) in [5, 5.41) is 0. The zero-order valence-corrected chi connectivity index (χ0v) is 39.0. The second-order valence-electron chi connectivity index (χ2n) is 16.7. The quantitative estimate of drug-likeness (QED) is 0.0263. The molecule has 6 nitrogen and oxygen atoms in total. The zero-order valence-electron chi connectivity index (χ0n) is 39.0. The van der Waals surface area contributed by atoms with Crippen LogP contribution in [0.5, 0.6) is 0 Å². The normalized spacial score (nSPS) is 12.4. The topological polar surface area (TPSA) is 78.9 Å². The Kier molecular flexibility index (Phi) is 45.9. The lowest BCUT2D eigenvalue weighted by atomic mass is 10.0. The van der Waals surface area contributed by atoms with E-state index in [4.69, 9.17) is 14.2 Å². The minimum Gasteiger partial charge on any atom is -0.462 e. The second kappa shape index (κ2) is 48.0. The molecule has 0 aliphatic heterocycles. The fourth-order valence-corrected chi connectivity index (χ4v) is 7.04. The van der Waals surface area contributed by atoms with E-state index in [-0.39, 0.29) is 31.1 Å². The van der Waals surface area contributed by atoms with Crippen molar-refractivity contribution in [3.63, 3.8) is 0 Å². The molecule has 6 heteroatoms. The van der Waals surface area contributed by atoms with Crippen molar-refractivity contribution >= 4 is 17.9 Å². The summed E-state index contributed by atoms with van der Waals surface area (Å²) in [6.07, 6.45) is 56.7. The van der Waals surface area contributed by atoms with Crippen molar-refractivity contribution in [1.82, 2.24) is 0 Å². The molecule has 0 aromatic heterocycles. The predicted octanol–water partition coefficient (Wildman–Crippen LogP) is 16.3. The van der Waals surface area contributed by atoms with Crippen molar-refractivity contribution in [3.05, 3.63) is 48.6 Å². The molecule has 0 fully saturated rings. The average molecular weight is 827 g/mol. The SMILES string of the molecule is CC/C=C\C/C=C\C/C=C\CCCCCC(=O)OC(COC(=O)CCCCCCC/C=C\CCCCC)COC(=O)CCCCCCCCCCCCCCCCCC. The van der Waals surface area contributed by atoms with Gasteiger partial charge < -0.3 is 14.2 Å². The maximum Gasteiger partial charge on any atom is 0.306 e. The van der Waals surface area contributed by atoms with E-state index in [1.54, 1.807) is 0 Å². The van der Waals surface area contributed by atoms with Gasteiger partial charge in [-0.15, -0.1) is 0 Å². The molecule has 0 rings (SSSR count). The van der Waals surface area contributed by atoms with Crippen LogP contribution < -0.4 is 0 Å². The Labute approximate surface area is 365 Å². The molecule has 0 saturated carbocycles. The first-order chi connectivity index (χ1) is 29.0. The van der Waals surface area contributed by atoms with Gasteiger partial charge in [0.2, 0.25) is 0 Å². The summed E-state index contributed by atoms with van der Waals surface area (Å²) in [7, 11) is 0. The lowest BCUT2D eigenvalue weighted by Crippen LogP contribution is -2.30. The summed E-state index contributed by atoms with van der Waals surface area (Å²) >= 11 is 0. The number of unbranched alkanes of at least 4 members (excludes halogenated alkanes) is 26. The van der Waals surface area contributed by atoms with Gasteiger partial charge in [0, 0.05) is 19.3 Å². The summed E-state index contributed by atoms with van der Waals surface area (Å²) < 4.78 is 16.7. The first-order valence-electron chi connectivity index (χ1n) is 25.1. The maximum atomic E-state index is 12.7. The minimum absolute atomic E-state index is 0.0854. The zero-order chi connectivity index (χ0) is 43.0. The van der Waals surface area contributed by atoms with Gasteiger partial charge in [-0.1, -0.05) is 204 Å². The monoisotopic (exact) mass is 827 g/mol. The molecule has 1 atom stereocenters. The van der Waals surface area contributed by atoms with E-state index in [0.717, 1.165) is 89.9 Å². The Morgan fingerprint density at radius 1 is 0.356 bits per heavy atom. The number of hydrogen-bond acceptors (Lipinski definition) is 6. The van der Waals surface area contributed by atoms with E-state index in [1.165, 1.54) is 122 Å². The van der Waals surface area contributed by atoms with Crippen LogP contribution in [-0.4, -0.2) is 37.2 Å². The molecule has 0 aliphatic carbocycles. The van der Waals surface area contributed by atoms with E-state index >= 15 is 0 Å². The molecule has 0 amide bonds. The van der Waals surface area contributed by atoms with Gasteiger partial charge >= 0.3 is 17.9 Å². The lowest BCUT2D eigenvalue weighted by molar-refractivity contribution is -0.167. The highest BCUT2D eigenvalue weighted by Crippen LogP contribution is 2.15. The number of rotatable bonds is 45. The van der Waals surface area contributed by atoms with Crippen LogP contribution >= 0.6 is 0 Å². The summed E-state index contributed by atoms with van der Waals surface area (Å²) in [5.41, 5.74) is 0. The van der Waals surface area contributed by atoms with Crippen LogP contribution in [0.15, 0.2) is 48.6 Å². The molecular formula is C53H94O6. The molecular weight excluding hydrogens is 733 g/mol. The second-order valence-corrected chi connectivity index (χ2v) is 16.7. The summed E-state index contributed by atoms with van der Waals surface area (Å²) in [4.78, 5) is 37.9. The van der Waals surface area contributed by atoms with Gasteiger partial charge in [-0.2, -0.15) is 0 Å². The molecule has 342 valence electrons. The third kappa shape index (κ3) is 46.3. The Bertz CT molecular complexity index is 1040. The molecule has 0 heterocycles. The lowest BCUT2D eigenvalue weighted by Gasteiger charge is -2.18. The fourth-order valence-electron chi connectivity index (χ4n) is 7.04. The van der Waals surface area contributed by atoms with Crippen molar-refractivity contribution in [2.75, 3.05) is 13.2 Å². The van der Waals surface area contributed by atoms with Crippen LogP contribution in [0.1, 0.15) is 252 Å². The summed E-state index contributed by atoms with van der Waals surface area (Å²) in [6.45, 7) is 6.48. The standard InChI is InChI=1S/C53H94O6/c1-4-7-10-13-16-19-22-25-26-27-29-31-34-37-40-43-46-52(55)58-49-50(48-57-51(54)45-42-39-36-33-30-24-21-18-15-12-9-6-3)59-53(56)47-44-41-38-35-32-28-23-20-17-14-11-8-5-2/h8,11,17-18,20-21,28,32,50H,4-7,9-10,12-16,19,22-27,29-31,33-49H2,1-3H3/b11-8-,20-17-,21-18-,32-28-. The molecule has 0 aromatic carbocycles. The first kappa shape index (κ1) is 56.4. The number of allylic oxidation sites excluding steroid dienone is 8. The van der Waals surface area contributed by atoms with E-state index in [2.05, 4.69) is 69.4 Å². The van der Waals surface area contributed by atoms with Crippen molar-refractivity contribution in [1.29, 1.82) is 0 Å². The third-order valence-electron chi connectivity index (χ3n) is 10.8.